The Morgan fingerprint density at radius 3 is 2.11 bits per heavy atom. The molecule has 1 aromatic rings. The van der Waals surface area contributed by atoms with E-state index in [0.29, 0.717) is 6.07 Å². The summed E-state index contributed by atoms with van der Waals surface area (Å²) in [5, 5.41) is 0. The van der Waals surface area contributed by atoms with Crippen molar-refractivity contribution in [1.82, 2.24) is 4.90 Å². The normalized spacial score (nSPS) is 10.5. The number of carbonyl (C=O) groups excluding carboxylic acids is 1. The first kappa shape index (κ1) is 15.1. The smallest absolute Gasteiger partial charge is 0.257 e. The molecule has 1 rings (SSSR count). The highest BCUT2D eigenvalue weighted by Crippen LogP contribution is 2.17. The zero-order chi connectivity index (χ0) is 13.7. The van der Waals surface area contributed by atoms with Gasteiger partial charge in [-0.2, -0.15) is 0 Å². The lowest BCUT2D eigenvalue weighted by atomic mass is 10.1. The van der Waals surface area contributed by atoms with Crippen molar-refractivity contribution in [2.24, 2.45) is 0 Å². The number of hydrogen-bond donors (Lipinski definition) is 0. The molecule has 0 radical (unpaired) electrons. The number of alkyl halides is 2. The van der Waals surface area contributed by atoms with Gasteiger partial charge in [0, 0.05) is 24.8 Å². The minimum Gasteiger partial charge on any atom is -0.336 e. The van der Waals surface area contributed by atoms with Crippen molar-refractivity contribution in [3.8, 4) is 0 Å². The summed E-state index contributed by atoms with van der Waals surface area (Å²) in [4.78, 5) is 13.1. The third kappa shape index (κ3) is 3.29. The molecule has 0 aliphatic rings. The lowest BCUT2D eigenvalue weighted by Crippen LogP contribution is -2.35. The number of benzene rings is 1. The molecule has 0 aromatic heterocycles. The molecule has 0 spiro atoms. The van der Waals surface area contributed by atoms with Crippen LogP contribution in [0.5, 0.6) is 0 Å². The van der Waals surface area contributed by atoms with Crippen molar-refractivity contribution in [3.05, 3.63) is 35.1 Å². The van der Waals surface area contributed by atoms with Gasteiger partial charge < -0.3 is 4.90 Å². The van der Waals surface area contributed by atoms with Crippen LogP contribution in [-0.2, 0) is 0 Å². The molecule has 100 valence electrons. The van der Waals surface area contributed by atoms with Gasteiger partial charge in [-0.25, -0.2) is 13.2 Å². The fraction of sp³-hybridized carbons (Fsp3) is 0.364. The van der Waals surface area contributed by atoms with E-state index in [4.69, 9.17) is 23.2 Å². The van der Waals surface area contributed by atoms with Crippen molar-refractivity contribution in [1.29, 1.82) is 0 Å². The van der Waals surface area contributed by atoms with Crippen LogP contribution in [0.3, 0.4) is 0 Å². The summed E-state index contributed by atoms with van der Waals surface area (Å²) in [6.07, 6.45) is 0. The zero-order valence-corrected chi connectivity index (χ0v) is 10.7. The van der Waals surface area contributed by atoms with Crippen LogP contribution in [0.25, 0.3) is 0 Å². The Morgan fingerprint density at radius 1 is 1.06 bits per heavy atom. The molecule has 0 aliphatic carbocycles. The fourth-order valence-electron chi connectivity index (χ4n) is 1.38. The predicted molar refractivity (Wildman–Crippen MR) is 63.7 cm³/mol. The monoisotopic (exact) mass is 299 g/mol. The van der Waals surface area contributed by atoms with Gasteiger partial charge in [0.2, 0.25) is 0 Å². The molecule has 0 saturated carbocycles. The van der Waals surface area contributed by atoms with E-state index in [-0.39, 0.29) is 24.8 Å². The standard InChI is InChI=1S/C11H10Cl2F3NO/c12-3-5-17(6-4-13)11(18)7-1-2-8(14)10(16)9(7)15/h1-2H,3-6H2. The van der Waals surface area contributed by atoms with Crippen molar-refractivity contribution in [3.63, 3.8) is 0 Å². The average molecular weight is 300 g/mol. The van der Waals surface area contributed by atoms with Crippen LogP contribution in [0, 0.1) is 17.5 Å². The van der Waals surface area contributed by atoms with E-state index >= 15 is 0 Å². The fourth-order valence-corrected chi connectivity index (χ4v) is 1.79. The van der Waals surface area contributed by atoms with Crippen molar-refractivity contribution in [2.45, 2.75) is 0 Å². The number of amides is 1. The van der Waals surface area contributed by atoms with E-state index < -0.39 is 28.9 Å². The van der Waals surface area contributed by atoms with Gasteiger partial charge >= 0.3 is 0 Å². The number of rotatable bonds is 5. The molecule has 0 atom stereocenters. The summed E-state index contributed by atoms with van der Waals surface area (Å²) in [7, 11) is 0. The molecule has 0 fully saturated rings. The quantitative estimate of drug-likeness (QED) is 0.604. The van der Waals surface area contributed by atoms with Gasteiger partial charge in [-0.3, -0.25) is 4.79 Å². The summed E-state index contributed by atoms with van der Waals surface area (Å²) >= 11 is 11.0. The predicted octanol–water partition coefficient (Wildman–Crippen LogP) is 3.02. The topological polar surface area (TPSA) is 20.3 Å². The number of halogens is 5. The van der Waals surface area contributed by atoms with Crippen LogP contribution >= 0.6 is 23.2 Å². The Balaban J connectivity index is 3.05. The summed E-state index contributed by atoms with van der Waals surface area (Å²) < 4.78 is 39.2. The van der Waals surface area contributed by atoms with E-state index in [9.17, 15) is 18.0 Å². The molecule has 2 nitrogen and oxygen atoms in total. The summed E-state index contributed by atoms with van der Waals surface area (Å²) in [5.41, 5.74) is -0.538. The van der Waals surface area contributed by atoms with Gasteiger partial charge in [-0.1, -0.05) is 0 Å². The zero-order valence-electron chi connectivity index (χ0n) is 9.23. The molecule has 0 aliphatic heterocycles. The highest BCUT2D eigenvalue weighted by molar-refractivity contribution is 6.18. The van der Waals surface area contributed by atoms with Gasteiger partial charge in [0.15, 0.2) is 17.5 Å². The van der Waals surface area contributed by atoms with Crippen molar-refractivity contribution >= 4 is 29.1 Å². The van der Waals surface area contributed by atoms with Crippen LogP contribution in [-0.4, -0.2) is 35.7 Å². The first-order chi connectivity index (χ1) is 8.52. The van der Waals surface area contributed by atoms with Gasteiger partial charge in [-0.05, 0) is 12.1 Å². The van der Waals surface area contributed by atoms with Crippen LogP contribution in [0.4, 0.5) is 13.2 Å². The van der Waals surface area contributed by atoms with E-state index in [1.54, 1.807) is 0 Å². The molecule has 0 bridgehead atoms. The van der Waals surface area contributed by atoms with Gasteiger partial charge in [0.1, 0.15) is 0 Å². The van der Waals surface area contributed by atoms with E-state index in [0.717, 1.165) is 6.07 Å². The second-order valence-corrected chi connectivity index (χ2v) is 4.15. The van der Waals surface area contributed by atoms with Crippen LogP contribution in [0.1, 0.15) is 10.4 Å². The summed E-state index contributed by atoms with van der Waals surface area (Å²) in [6.45, 7) is 0.289. The lowest BCUT2D eigenvalue weighted by molar-refractivity contribution is 0.0769. The van der Waals surface area contributed by atoms with Crippen LogP contribution in [0.15, 0.2) is 12.1 Å². The SMILES string of the molecule is O=C(c1ccc(F)c(F)c1F)N(CCCl)CCCl. The van der Waals surface area contributed by atoms with Crippen LogP contribution in [0.2, 0.25) is 0 Å². The van der Waals surface area contributed by atoms with E-state index in [2.05, 4.69) is 0 Å². The highest BCUT2D eigenvalue weighted by Gasteiger charge is 2.22. The van der Waals surface area contributed by atoms with E-state index in [1.807, 2.05) is 0 Å². The molecule has 0 N–H and O–H groups in total. The third-order valence-electron chi connectivity index (χ3n) is 2.26. The van der Waals surface area contributed by atoms with Crippen LogP contribution < -0.4 is 0 Å². The maximum absolute atomic E-state index is 13.4. The first-order valence-corrected chi connectivity index (χ1v) is 6.14. The molecule has 18 heavy (non-hydrogen) atoms. The second kappa shape index (κ2) is 6.85. The molecule has 1 amide bonds. The Labute approximate surface area is 112 Å². The lowest BCUT2D eigenvalue weighted by Gasteiger charge is -2.20. The average Bonchev–Trinajstić information content (AvgIpc) is 2.35. The molecule has 1 aromatic carbocycles. The highest BCUT2D eigenvalue weighted by atomic mass is 35.5. The minimum atomic E-state index is -1.67. The van der Waals surface area contributed by atoms with Gasteiger partial charge in [0.05, 0.1) is 5.56 Å². The molecule has 0 unspecified atom stereocenters. The van der Waals surface area contributed by atoms with Gasteiger partial charge in [0.25, 0.3) is 5.91 Å². The second-order valence-electron chi connectivity index (χ2n) is 3.39. The molecule has 0 saturated heterocycles. The number of carbonyl (C=O) groups is 1. The molecule has 0 heterocycles. The Kier molecular flexibility index (Phi) is 5.75. The summed E-state index contributed by atoms with van der Waals surface area (Å²) in [6, 6.07) is 1.59. The molecular formula is C11H10Cl2F3NO. The number of nitrogens with zero attached hydrogens (tertiary/aromatic N) is 1. The Morgan fingerprint density at radius 2 is 1.61 bits per heavy atom. The van der Waals surface area contributed by atoms with E-state index in [1.165, 1.54) is 4.90 Å². The third-order valence-corrected chi connectivity index (χ3v) is 2.60. The summed E-state index contributed by atoms with van der Waals surface area (Å²) in [5.74, 6) is -5.02. The maximum atomic E-state index is 13.4. The van der Waals surface area contributed by atoms with Gasteiger partial charge in [-0.15, -0.1) is 23.2 Å². The molecular weight excluding hydrogens is 290 g/mol. The first-order valence-electron chi connectivity index (χ1n) is 5.07. The minimum absolute atomic E-state index is 0.133. The largest absolute Gasteiger partial charge is 0.336 e. The Bertz CT molecular complexity index is 437. The Hall–Kier alpha value is -0.940. The maximum Gasteiger partial charge on any atom is 0.257 e. The number of hydrogen-bond acceptors (Lipinski definition) is 1. The van der Waals surface area contributed by atoms with Crippen molar-refractivity contribution in [2.75, 3.05) is 24.8 Å². The molecule has 7 heteroatoms. The van der Waals surface area contributed by atoms with Crippen molar-refractivity contribution < 1.29 is 18.0 Å².